The van der Waals surface area contributed by atoms with Crippen LogP contribution < -0.4 is 0 Å². The van der Waals surface area contributed by atoms with Crippen molar-refractivity contribution in [3.8, 4) is 11.8 Å². The summed E-state index contributed by atoms with van der Waals surface area (Å²) in [5.41, 5.74) is 2.09. The van der Waals surface area contributed by atoms with E-state index < -0.39 is 9.84 Å². The zero-order valence-electron chi connectivity index (χ0n) is 8.95. The van der Waals surface area contributed by atoms with Gasteiger partial charge >= 0.3 is 0 Å². The van der Waals surface area contributed by atoms with Crippen LogP contribution in [0.15, 0.2) is 24.3 Å². The highest BCUT2D eigenvalue weighted by Gasteiger charge is 1.97. The summed E-state index contributed by atoms with van der Waals surface area (Å²) in [6, 6.07) is 7.84. The fourth-order valence-corrected chi connectivity index (χ4v) is 1.60. The van der Waals surface area contributed by atoms with Crippen LogP contribution in [0.1, 0.15) is 17.5 Å². The molecule has 2 nitrogen and oxygen atoms in total. The number of aryl methyl sites for hydroxylation is 1. The maximum absolute atomic E-state index is 10.8. The van der Waals surface area contributed by atoms with E-state index in [9.17, 15) is 8.42 Å². The third-order valence-electron chi connectivity index (χ3n) is 1.85. The summed E-state index contributed by atoms with van der Waals surface area (Å²) in [6.07, 6.45) is 1.62. The Bertz CT molecular complexity index is 490. The minimum Gasteiger partial charge on any atom is -0.229 e. The summed E-state index contributed by atoms with van der Waals surface area (Å²) < 4.78 is 21.7. The predicted molar refractivity (Wildman–Crippen MR) is 62.4 cm³/mol. The predicted octanol–water partition coefficient (Wildman–Crippen LogP) is 1.78. The molecular weight excluding hydrogens is 208 g/mol. The van der Waals surface area contributed by atoms with E-state index in [2.05, 4.69) is 11.8 Å². The van der Waals surface area contributed by atoms with E-state index in [1.54, 1.807) is 0 Å². The average Bonchev–Trinajstić information content (AvgIpc) is 2.11. The van der Waals surface area contributed by atoms with Crippen molar-refractivity contribution in [2.45, 2.75) is 13.3 Å². The monoisotopic (exact) mass is 222 g/mol. The number of benzene rings is 1. The fraction of sp³-hybridized carbons (Fsp3) is 0.333. The van der Waals surface area contributed by atoms with Gasteiger partial charge in [-0.15, -0.1) is 0 Å². The molecule has 1 rings (SSSR count). The zero-order valence-corrected chi connectivity index (χ0v) is 9.76. The summed E-state index contributed by atoms with van der Waals surface area (Å²) in [4.78, 5) is 0. The Balaban J connectivity index is 2.59. The number of rotatable bonds is 2. The summed E-state index contributed by atoms with van der Waals surface area (Å²) >= 11 is 0. The molecule has 80 valence electrons. The van der Waals surface area contributed by atoms with Gasteiger partial charge in [0.1, 0.15) is 9.84 Å². The van der Waals surface area contributed by atoms with Gasteiger partial charge in [0.15, 0.2) is 0 Å². The lowest BCUT2D eigenvalue weighted by Gasteiger charge is -1.92. The van der Waals surface area contributed by atoms with Gasteiger partial charge < -0.3 is 0 Å². The average molecular weight is 222 g/mol. The standard InChI is InChI=1S/C12H14O2S/c1-11-6-5-8-12(10-11)7-3-4-9-15(2,13)14/h5-6,8,10H,4,9H2,1-2H3. The van der Waals surface area contributed by atoms with Crippen LogP contribution >= 0.6 is 0 Å². The number of hydrogen-bond donors (Lipinski definition) is 0. The van der Waals surface area contributed by atoms with Crippen LogP contribution in [0, 0.1) is 18.8 Å². The van der Waals surface area contributed by atoms with E-state index in [0.29, 0.717) is 6.42 Å². The summed E-state index contributed by atoms with van der Waals surface area (Å²) in [5, 5.41) is 0. The molecule has 1 aromatic rings. The minimum absolute atomic E-state index is 0.131. The molecular formula is C12H14O2S. The third-order valence-corrected chi connectivity index (χ3v) is 2.79. The summed E-state index contributed by atoms with van der Waals surface area (Å²) in [6.45, 7) is 2.00. The SMILES string of the molecule is Cc1cccc(C#CCCS(C)(=O)=O)c1. The second kappa shape index (κ2) is 4.99. The zero-order chi connectivity index (χ0) is 11.3. The minimum atomic E-state index is -2.89. The molecule has 0 aliphatic heterocycles. The summed E-state index contributed by atoms with van der Waals surface area (Å²) in [5.74, 6) is 5.93. The first kappa shape index (κ1) is 11.8. The number of hydrogen-bond acceptors (Lipinski definition) is 2. The molecule has 0 aliphatic carbocycles. The van der Waals surface area contributed by atoms with Gasteiger partial charge in [0.05, 0.1) is 5.75 Å². The number of sulfone groups is 1. The fourth-order valence-electron chi connectivity index (χ4n) is 1.12. The lowest BCUT2D eigenvalue weighted by molar-refractivity contribution is 0.602. The van der Waals surface area contributed by atoms with Gasteiger partial charge in [-0.3, -0.25) is 0 Å². The van der Waals surface area contributed by atoms with Crippen LogP contribution in [0.25, 0.3) is 0 Å². The normalized spacial score (nSPS) is 10.5. The van der Waals surface area contributed by atoms with Gasteiger partial charge in [-0.25, -0.2) is 8.42 Å². The van der Waals surface area contributed by atoms with Crippen LogP contribution in [0.5, 0.6) is 0 Å². The highest BCUT2D eigenvalue weighted by atomic mass is 32.2. The van der Waals surface area contributed by atoms with Crippen molar-refractivity contribution in [2.75, 3.05) is 12.0 Å². The summed E-state index contributed by atoms with van der Waals surface area (Å²) in [7, 11) is -2.89. The van der Waals surface area contributed by atoms with E-state index >= 15 is 0 Å². The largest absolute Gasteiger partial charge is 0.229 e. The second-order valence-electron chi connectivity index (χ2n) is 3.55. The molecule has 3 heteroatoms. The van der Waals surface area contributed by atoms with Crippen LogP contribution in [-0.4, -0.2) is 20.4 Å². The highest BCUT2D eigenvalue weighted by molar-refractivity contribution is 7.90. The van der Waals surface area contributed by atoms with Crippen LogP contribution in [0.2, 0.25) is 0 Å². The van der Waals surface area contributed by atoms with E-state index in [-0.39, 0.29) is 5.75 Å². The molecule has 0 aliphatic rings. The maximum Gasteiger partial charge on any atom is 0.148 e. The van der Waals surface area contributed by atoms with Gasteiger partial charge in [0.2, 0.25) is 0 Å². The Morgan fingerprint density at radius 1 is 1.33 bits per heavy atom. The first-order valence-electron chi connectivity index (χ1n) is 4.71. The van der Waals surface area contributed by atoms with Gasteiger partial charge in [-0.1, -0.05) is 24.0 Å². The first-order chi connectivity index (χ1) is 6.97. The molecule has 0 unspecified atom stereocenters. The van der Waals surface area contributed by atoms with Gasteiger partial charge in [-0.2, -0.15) is 0 Å². The van der Waals surface area contributed by atoms with E-state index in [1.165, 1.54) is 6.26 Å². The van der Waals surface area contributed by atoms with Crippen molar-refractivity contribution >= 4 is 9.84 Å². The molecule has 0 saturated carbocycles. The third kappa shape index (κ3) is 5.24. The Labute approximate surface area is 91.2 Å². The Kier molecular flexibility index (Phi) is 3.93. The molecule has 0 aromatic heterocycles. The second-order valence-corrected chi connectivity index (χ2v) is 5.81. The first-order valence-corrected chi connectivity index (χ1v) is 6.77. The van der Waals surface area contributed by atoms with Crippen LogP contribution in [-0.2, 0) is 9.84 Å². The van der Waals surface area contributed by atoms with Crippen molar-refractivity contribution in [1.82, 2.24) is 0 Å². The molecule has 0 N–H and O–H groups in total. The van der Waals surface area contributed by atoms with Crippen molar-refractivity contribution in [1.29, 1.82) is 0 Å². The molecule has 0 saturated heterocycles. The highest BCUT2D eigenvalue weighted by Crippen LogP contribution is 2.01. The molecule has 0 atom stereocenters. The van der Waals surface area contributed by atoms with Gasteiger partial charge in [-0.05, 0) is 24.6 Å². The Hall–Kier alpha value is -1.27. The topological polar surface area (TPSA) is 34.1 Å². The van der Waals surface area contributed by atoms with E-state index in [1.807, 2.05) is 31.2 Å². The smallest absolute Gasteiger partial charge is 0.148 e. The maximum atomic E-state index is 10.8. The van der Waals surface area contributed by atoms with Crippen molar-refractivity contribution in [3.63, 3.8) is 0 Å². The lowest BCUT2D eigenvalue weighted by Crippen LogP contribution is -2.01. The molecule has 0 heterocycles. The van der Waals surface area contributed by atoms with Crippen molar-refractivity contribution in [2.24, 2.45) is 0 Å². The van der Waals surface area contributed by atoms with E-state index in [4.69, 9.17) is 0 Å². The van der Waals surface area contributed by atoms with Gasteiger partial charge in [0.25, 0.3) is 0 Å². The molecule has 0 amide bonds. The Morgan fingerprint density at radius 3 is 2.67 bits per heavy atom. The molecule has 0 fully saturated rings. The molecule has 0 spiro atoms. The van der Waals surface area contributed by atoms with Crippen molar-refractivity contribution in [3.05, 3.63) is 35.4 Å². The molecule has 0 bridgehead atoms. The van der Waals surface area contributed by atoms with Crippen LogP contribution in [0.4, 0.5) is 0 Å². The van der Waals surface area contributed by atoms with Crippen molar-refractivity contribution < 1.29 is 8.42 Å². The van der Waals surface area contributed by atoms with E-state index in [0.717, 1.165) is 11.1 Å². The van der Waals surface area contributed by atoms with Gasteiger partial charge in [0, 0.05) is 18.2 Å². The molecule has 1 aromatic carbocycles. The Morgan fingerprint density at radius 2 is 2.07 bits per heavy atom. The van der Waals surface area contributed by atoms with Crippen LogP contribution in [0.3, 0.4) is 0 Å². The lowest BCUT2D eigenvalue weighted by atomic mass is 10.1. The quantitative estimate of drug-likeness (QED) is 0.715. The molecule has 0 radical (unpaired) electrons. The molecule has 15 heavy (non-hydrogen) atoms.